The molecule has 1 fully saturated rings. The van der Waals surface area contributed by atoms with Crippen molar-refractivity contribution in [2.24, 2.45) is 5.41 Å². The fourth-order valence-corrected chi connectivity index (χ4v) is 2.60. The van der Waals surface area contributed by atoms with Gasteiger partial charge < -0.3 is 4.90 Å². The Kier molecular flexibility index (Phi) is 4.78. The lowest BCUT2D eigenvalue weighted by molar-refractivity contribution is -0.138. The van der Waals surface area contributed by atoms with E-state index in [0.717, 1.165) is 12.1 Å². The van der Waals surface area contributed by atoms with Gasteiger partial charge in [-0.15, -0.1) is 0 Å². The number of anilines is 1. The van der Waals surface area contributed by atoms with Gasteiger partial charge in [0.25, 0.3) is 0 Å². The van der Waals surface area contributed by atoms with Crippen molar-refractivity contribution in [1.29, 1.82) is 0 Å². The van der Waals surface area contributed by atoms with Gasteiger partial charge in [-0.3, -0.25) is 14.9 Å². The van der Waals surface area contributed by atoms with Crippen molar-refractivity contribution in [3.63, 3.8) is 0 Å². The summed E-state index contributed by atoms with van der Waals surface area (Å²) >= 11 is 0. The van der Waals surface area contributed by atoms with Crippen LogP contribution in [0.15, 0.2) is 12.3 Å². The van der Waals surface area contributed by atoms with Crippen molar-refractivity contribution in [3.05, 3.63) is 18.0 Å². The number of likely N-dealkylation sites (tertiary alicyclic amines) is 1. The first-order valence-corrected chi connectivity index (χ1v) is 7.66. The molecule has 2 amide bonds. The topological polar surface area (TPSA) is 75.2 Å². The average Bonchev–Trinajstić information content (AvgIpc) is 2.85. The SMILES string of the molecule is Cc1ccnc(NC(=O)C2CCCN2C(=O)CC(C)(C)C)n1. The number of carbonyl (C=O) groups is 2. The number of nitrogens with zero attached hydrogens (tertiary/aromatic N) is 3. The molecule has 120 valence electrons. The van der Waals surface area contributed by atoms with E-state index in [9.17, 15) is 9.59 Å². The first kappa shape index (κ1) is 16.4. The summed E-state index contributed by atoms with van der Waals surface area (Å²) in [6, 6.07) is 1.35. The van der Waals surface area contributed by atoms with Gasteiger partial charge in [0.1, 0.15) is 6.04 Å². The van der Waals surface area contributed by atoms with Crippen LogP contribution in [0, 0.1) is 12.3 Å². The molecule has 0 aromatic carbocycles. The van der Waals surface area contributed by atoms with Crippen molar-refractivity contribution >= 4 is 17.8 Å². The minimum absolute atomic E-state index is 0.0373. The number of aryl methyl sites for hydroxylation is 1. The molecular formula is C16H24N4O2. The molecule has 1 saturated heterocycles. The summed E-state index contributed by atoms with van der Waals surface area (Å²) < 4.78 is 0. The molecule has 1 atom stereocenters. The fraction of sp³-hybridized carbons (Fsp3) is 0.625. The minimum Gasteiger partial charge on any atom is -0.331 e. The van der Waals surface area contributed by atoms with Crippen LogP contribution in [-0.4, -0.2) is 39.3 Å². The Hall–Kier alpha value is -1.98. The Morgan fingerprint density at radius 2 is 2.14 bits per heavy atom. The van der Waals surface area contributed by atoms with Crippen LogP contribution in [0.1, 0.15) is 45.7 Å². The van der Waals surface area contributed by atoms with Crippen molar-refractivity contribution < 1.29 is 9.59 Å². The Morgan fingerprint density at radius 1 is 1.41 bits per heavy atom. The number of carbonyl (C=O) groups excluding carboxylic acids is 2. The van der Waals surface area contributed by atoms with Crippen LogP contribution in [0.2, 0.25) is 0 Å². The Morgan fingerprint density at radius 3 is 2.77 bits per heavy atom. The van der Waals surface area contributed by atoms with Gasteiger partial charge in [0.05, 0.1) is 0 Å². The predicted octanol–water partition coefficient (Wildman–Crippen LogP) is 2.15. The van der Waals surface area contributed by atoms with Crippen molar-refractivity contribution in [3.8, 4) is 0 Å². The molecule has 2 heterocycles. The molecule has 0 aliphatic carbocycles. The van der Waals surface area contributed by atoms with Gasteiger partial charge in [0, 0.05) is 24.9 Å². The molecule has 2 rings (SSSR count). The second-order valence-electron chi connectivity index (χ2n) is 6.99. The van der Waals surface area contributed by atoms with E-state index in [4.69, 9.17) is 0 Å². The van der Waals surface area contributed by atoms with E-state index in [2.05, 4.69) is 15.3 Å². The lowest BCUT2D eigenvalue weighted by Crippen LogP contribution is -2.44. The smallest absolute Gasteiger partial charge is 0.249 e. The summed E-state index contributed by atoms with van der Waals surface area (Å²) in [7, 11) is 0. The van der Waals surface area contributed by atoms with E-state index < -0.39 is 6.04 Å². The number of hydrogen-bond donors (Lipinski definition) is 1. The van der Waals surface area contributed by atoms with E-state index in [1.165, 1.54) is 0 Å². The second kappa shape index (κ2) is 6.42. The van der Waals surface area contributed by atoms with Crippen LogP contribution in [0.3, 0.4) is 0 Å². The maximum Gasteiger partial charge on any atom is 0.249 e. The molecule has 1 aromatic heterocycles. The molecule has 1 unspecified atom stereocenters. The Labute approximate surface area is 131 Å². The van der Waals surface area contributed by atoms with Gasteiger partial charge >= 0.3 is 0 Å². The standard InChI is InChI=1S/C16H24N4O2/c1-11-7-8-17-15(18-11)19-14(22)12-6-5-9-20(12)13(21)10-16(2,3)4/h7-8,12H,5-6,9-10H2,1-4H3,(H,17,18,19,22). The minimum atomic E-state index is -0.418. The van der Waals surface area contributed by atoms with Crippen LogP contribution >= 0.6 is 0 Å². The van der Waals surface area contributed by atoms with E-state index in [0.29, 0.717) is 25.3 Å². The average molecular weight is 304 g/mol. The third-order valence-electron chi connectivity index (χ3n) is 3.59. The first-order chi connectivity index (χ1) is 10.3. The first-order valence-electron chi connectivity index (χ1n) is 7.66. The summed E-state index contributed by atoms with van der Waals surface area (Å²) in [5.41, 5.74) is 0.706. The molecule has 0 bridgehead atoms. The van der Waals surface area contributed by atoms with Crippen LogP contribution in [0.5, 0.6) is 0 Å². The zero-order valence-electron chi connectivity index (χ0n) is 13.7. The molecule has 1 aromatic rings. The highest BCUT2D eigenvalue weighted by Gasteiger charge is 2.35. The van der Waals surface area contributed by atoms with Gasteiger partial charge in [-0.05, 0) is 31.2 Å². The highest BCUT2D eigenvalue weighted by molar-refractivity contribution is 5.96. The van der Waals surface area contributed by atoms with Crippen molar-refractivity contribution in [1.82, 2.24) is 14.9 Å². The third-order valence-corrected chi connectivity index (χ3v) is 3.59. The van der Waals surface area contributed by atoms with Crippen LogP contribution in [0.4, 0.5) is 5.95 Å². The lowest BCUT2D eigenvalue weighted by Gasteiger charge is -2.27. The molecule has 0 saturated carbocycles. The van der Waals surface area contributed by atoms with E-state index >= 15 is 0 Å². The fourth-order valence-electron chi connectivity index (χ4n) is 2.60. The summed E-state index contributed by atoms with van der Waals surface area (Å²) in [6.07, 6.45) is 3.59. The third kappa shape index (κ3) is 4.26. The predicted molar refractivity (Wildman–Crippen MR) is 84.2 cm³/mol. The van der Waals surface area contributed by atoms with Gasteiger partial charge in [0.2, 0.25) is 17.8 Å². The number of rotatable bonds is 3. The maximum atomic E-state index is 12.4. The molecule has 0 spiro atoms. The summed E-state index contributed by atoms with van der Waals surface area (Å²) in [6.45, 7) is 8.55. The number of aromatic nitrogens is 2. The van der Waals surface area contributed by atoms with Crippen molar-refractivity contribution in [2.45, 2.75) is 53.0 Å². The number of amides is 2. The van der Waals surface area contributed by atoms with E-state index in [1.807, 2.05) is 27.7 Å². The molecule has 0 radical (unpaired) electrons. The van der Waals surface area contributed by atoms with Gasteiger partial charge in [0.15, 0.2) is 0 Å². The van der Waals surface area contributed by atoms with Crippen LogP contribution < -0.4 is 5.32 Å². The highest BCUT2D eigenvalue weighted by atomic mass is 16.2. The van der Waals surface area contributed by atoms with Crippen LogP contribution in [0.25, 0.3) is 0 Å². The summed E-state index contributed by atoms with van der Waals surface area (Å²) in [5, 5.41) is 2.72. The molecule has 1 N–H and O–H groups in total. The molecular weight excluding hydrogens is 280 g/mol. The molecule has 22 heavy (non-hydrogen) atoms. The van der Waals surface area contributed by atoms with E-state index in [1.54, 1.807) is 17.2 Å². The summed E-state index contributed by atoms with van der Waals surface area (Å²) in [5.74, 6) is 0.126. The Bertz CT molecular complexity index is 566. The van der Waals surface area contributed by atoms with Crippen LogP contribution in [-0.2, 0) is 9.59 Å². The highest BCUT2D eigenvalue weighted by Crippen LogP contribution is 2.25. The normalized spacial score (nSPS) is 18.4. The van der Waals surface area contributed by atoms with Gasteiger partial charge in [-0.25, -0.2) is 9.97 Å². The zero-order chi connectivity index (χ0) is 16.3. The molecule has 6 heteroatoms. The summed E-state index contributed by atoms with van der Waals surface area (Å²) in [4.78, 5) is 34.7. The van der Waals surface area contributed by atoms with Gasteiger partial charge in [-0.2, -0.15) is 0 Å². The molecule has 6 nitrogen and oxygen atoms in total. The van der Waals surface area contributed by atoms with Crippen molar-refractivity contribution in [2.75, 3.05) is 11.9 Å². The number of nitrogens with one attached hydrogen (secondary N) is 1. The zero-order valence-corrected chi connectivity index (χ0v) is 13.7. The van der Waals surface area contributed by atoms with Gasteiger partial charge in [-0.1, -0.05) is 20.8 Å². The Balaban J connectivity index is 2.03. The number of hydrogen-bond acceptors (Lipinski definition) is 4. The maximum absolute atomic E-state index is 12.4. The van der Waals surface area contributed by atoms with E-state index in [-0.39, 0.29) is 17.2 Å². The lowest BCUT2D eigenvalue weighted by atomic mass is 9.91. The molecule has 1 aliphatic rings. The molecule has 1 aliphatic heterocycles. The largest absolute Gasteiger partial charge is 0.331 e. The second-order valence-corrected chi connectivity index (χ2v) is 6.99. The quantitative estimate of drug-likeness (QED) is 0.928. The monoisotopic (exact) mass is 304 g/mol.